The number of hydrogen-bond donors (Lipinski definition) is 1. The molecule has 0 bridgehead atoms. The number of fused-ring (bicyclic) bond motifs is 2. The number of nitrogens with zero attached hydrogens (tertiary/aromatic N) is 2. The van der Waals surface area contributed by atoms with Crippen LogP contribution in [0.25, 0.3) is 0 Å². The molecule has 180 valence electrons. The zero-order chi connectivity index (χ0) is 25.1. The fraction of sp³-hybridized carbons (Fsp3) is 0.250. The Hall–Kier alpha value is -2.59. The van der Waals surface area contributed by atoms with Crippen molar-refractivity contribution in [3.8, 4) is 0 Å². The molecule has 11 heteroatoms. The van der Waals surface area contributed by atoms with Gasteiger partial charge in [0.2, 0.25) is 17.7 Å². The van der Waals surface area contributed by atoms with E-state index < -0.39 is 16.6 Å². The molecule has 35 heavy (non-hydrogen) atoms. The van der Waals surface area contributed by atoms with Crippen LogP contribution in [0.1, 0.15) is 18.7 Å². The molecule has 1 saturated heterocycles. The molecule has 0 radical (unpaired) electrons. The predicted octanol–water partition coefficient (Wildman–Crippen LogP) is 4.80. The average molecular weight is 548 g/mol. The van der Waals surface area contributed by atoms with E-state index in [9.17, 15) is 19.2 Å². The smallest absolute Gasteiger partial charge is 0.308 e. The Morgan fingerprint density at radius 1 is 0.971 bits per heavy atom. The van der Waals surface area contributed by atoms with Crippen LogP contribution in [0.5, 0.6) is 0 Å². The van der Waals surface area contributed by atoms with E-state index in [0.29, 0.717) is 31.3 Å². The molecular weight excluding hydrogens is 529 g/mol. The number of halogens is 2. The number of nitrogens with one attached hydrogen (secondary N) is 1. The number of anilines is 2. The van der Waals surface area contributed by atoms with Crippen molar-refractivity contribution >= 4 is 75.4 Å². The molecule has 3 aromatic rings. The molecule has 0 saturated carbocycles. The van der Waals surface area contributed by atoms with Gasteiger partial charge in [-0.15, -0.1) is 0 Å². The van der Waals surface area contributed by atoms with Crippen LogP contribution in [-0.4, -0.2) is 27.5 Å². The summed E-state index contributed by atoms with van der Waals surface area (Å²) in [5.41, 5.74) is 0.235. The summed E-state index contributed by atoms with van der Waals surface area (Å²) in [5.74, 6) is -1.68. The van der Waals surface area contributed by atoms with Gasteiger partial charge < -0.3 is 5.32 Å². The van der Waals surface area contributed by atoms with Gasteiger partial charge in [0.05, 0.1) is 16.6 Å². The van der Waals surface area contributed by atoms with E-state index in [-0.39, 0.29) is 29.1 Å². The molecule has 2 atom stereocenters. The van der Waals surface area contributed by atoms with E-state index in [1.54, 1.807) is 48.5 Å². The fourth-order valence-corrected chi connectivity index (χ4v) is 7.78. The van der Waals surface area contributed by atoms with E-state index in [0.717, 1.165) is 11.3 Å². The van der Waals surface area contributed by atoms with Gasteiger partial charge in [-0.3, -0.25) is 23.7 Å². The Labute approximate surface area is 219 Å². The molecule has 2 unspecified atom stereocenters. The number of amides is 3. The minimum Gasteiger partial charge on any atom is -0.325 e. The van der Waals surface area contributed by atoms with Crippen molar-refractivity contribution in [1.29, 1.82) is 0 Å². The topological polar surface area (TPSA) is 88.5 Å². The van der Waals surface area contributed by atoms with Crippen molar-refractivity contribution in [2.75, 3.05) is 10.2 Å². The molecule has 2 aliphatic rings. The largest absolute Gasteiger partial charge is 0.325 e. The minimum atomic E-state index is -0.777. The Bertz CT molecular complexity index is 1410. The van der Waals surface area contributed by atoms with Gasteiger partial charge in [-0.25, -0.2) is 4.90 Å². The first-order valence-corrected chi connectivity index (χ1v) is 13.1. The Morgan fingerprint density at radius 3 is 2.20 bits per heavy atom. The third kappa shape index (κ3) is 4.10. The predicted molar refractivity (Wildman–Crippen MR) is 139 cm³/mol. The maximum absolute atomic E-state index is 13.5. The number of thiazole rings is 1. The minimum absolute atomic E-state index is 0.212. The number of carbonyl (C=O) groups excluding carboxylic acids is 3. The monoisotopic (exact) mass is 547 g/mol. The first kappa shape index (κ1) is 24.1. The van der Waals surface area contributed by atoms with Crippen LogP contribution in [0.2, 0.25) is 10.0 Å². The van der Waals surface area contributed by atoms with Crippen LogP contribution >= 0.6 is 46.3 Å². The zero-order valence-corrected chi connectivity index (χ0v) is 21.7. The molecule has 1 N–H and O–H groups in total. The summed E-state index contributed by atoms with van der Waals surface area (Å²) in [5, 5.41) is 3.65. The quantitative estimate of drug-likeness (QED) is 0.474. The van der Waals surface area contributed by atoms with Crippen molar-refractivity contribution in [3.05, 3.63) is 73.1 Å². The van der Waals surface area contributed by atoms with Crippen LogP contribution in [0.4, 0.5) is 11.4 Å². The SMILES string of the molecule is CC1(C)c2sc(=O)n(CC(=O)Nc3ccc(Cl)cc3)c2SC2C(=O)N(c3ccc(Cl)cc3)C(=O)C21. The first-order chi connectivity index (χ1) is 16.6. The molecule has 7 nitrogen and oxygen atoms in total. The van der Waals surface area contributed by atoms with Gasteiger partial charge in [-0.1, -0.05) is 60.1 Å². The second-order valence-electron chi connectivity index (χ2n) is 8.87. The fourth-order valence-electron chi connectivity index (χ4n) is 4.49. The number of imide groups is 1. The second kappa shape index (κ2) is 8.81. The van der Waals surface area contributed by atoms with Crippen LogP contribution in [-0.2, 0) is 26.3 Å². The first-order valence-electron chi connectivity index (χ1n) is 10.7. The molecule has 5 rings (SSSR count). The highest BCUT2D eigenvalue weighted by Crippen LogP contribution is 2.54. The molecule has 0 spiro atoms. The third-order valence-electron chi connectivity index (χ3n) is 6.22. The molecule has 3 heterocycles. The van der Waals surface area contributed by atoms with E-state index in [1.165, 1.54) is 21.2 Å². The summed E-state index contributed by atoms with van der Waals surface area (Å²) in [6.07, 6.45) is 0. The lowest BCUT2D eigenvalue weighted by Crippen LogP contribution is -2.41. The normalized spacial score (nSPS) is 20.5. The molecule has 1 fully saturated rings. The summed E-state index contributed by atoms with van der Waals surface area (Å²) >= 11 is 14.1. The maximum Gasteiger partial charge on any atom is 0.308 e. The molecule has 1 aromatic heterocycles. The summed E-state index contributed by atoms with van der Waals surface area (Å²) in [6.45, 7) is 3.53. The Morgan fingerprint density at radius 2 is 1.57 bits per heavy atom. The number of aromatic nitrogens is 1. The zero-order valence-electron chi connectivity index (χ0n) is 18.6. The Balaban J connectivity index is 1.46. The standard InChI is InChI=1S/C24H19Cl2N3O4S2/c1-24(2)17-18(21(32)29(20(17)31)15-9-5-13(26)6-10-15)34-22-19(24)35-23(33)28(22)11-16(30)27-14-7-3-12(25)4-8-14/h3-10,17-18H,11H2,1-2H3,(H,27,30). The van der Waals surface area contributed by atoms with E-state index in [4.69, 9.17) is 23.2 Å². The number of carbonyl (C=O) groups is 3. The second-order valence-corrected chi connectivity index (χ2v) is 11.8. The van der Waals surface area contributed by atoms with Crippen molar-refractivity contribution in [1.82, 2.24) is 4.57 Å². The number of rotatable bonds is 4. The van der Waals surface area contributed by atoms with Crippen molar-refractivity contribution < 1.29 is 14.4 Å². The van der Waals surface area contributed by atoms with Crippen molar-refractivity contribution in [2.45, 2.75) is 36.1 Å². The van der Waals surface area contributed by atoms with Crippen molar-refractivity contribution in [3.63, 3.8) is 0 Å². The number of hydrogen-bond acceptors (Lipinski definition) is 6. The van der Waals surface area contributed by atoms with E-state index in [2.05, 4.69) is 5.32 Å². The highest BCUT2D eigenvalue weighted by atomic mass is 35.5. The lowest BCUT2D eigenvalue weighted by Gasteiger charge is -2.36. The van der Waals surface area contributed by atoms with Crippen LogP contribution in [0, 0.1) is 5.92 Å². The lowest BCUT2D eigenvalue weighted by atomic mass is 9.76. The summed E-state index contributed by atoms with van der Waals surface area (Å²) in [6, 6.07) is 13.2. The third-order valence-corrected chi connectivity index (χ3v) is 9.55. The van der Waals surface area contributed by atoms with Crippen LogP contribution < -0.4 is 15.1 Å². The maximum atomic E-state index is 13.5. The van der Waals surface area contributed by atoms with Gasteiger partial charge in [-0.05, 0) is 48.5 Å². The Kier molecular flexibility index (Phi) is 6.07. The molecule has 0 aliphatic carbocycles. The van der Waals surface area contributed by atoms with Crippen molar-refractivity contribution in [2.24, 2.45) is 5.92 Å². The number of thioether (sulfide) groups is 1. The average Bonchev–Trinajstić information content (AvgIpc) is 3.25. The summed E-state index contributed by atoms with van der Waals surface area (Å²) in [4.78, 5) is 54.1. The summed E-state index contributed by atoms with van der Waals surface area (Å²) in [7, 11) is 0. The van der Waals surface area contributed by atoms with Gasteiger partial charge in [0.15, 0.2) is 0 Å². The van der Waals surface area contributed by atoms with E-state index in [1.807, 2.05) is 13.8 Å². The molecule has 2 aromatic carbocycles. The van der Waals surface area contributed by atoms with Gasteiger partial charge in [0.25, 0.3) is 0 Å². The molecular formula is C24H19Cl2N3O4S2. The van der Waals surface area contributed by atoms with Gasteiger partial charge in [0, 0.05) is 26.0 Å². The number of benzene rings is 2. The van der Waals surface area contributed by atoms with Gasteiger partial charge in [-0.2, -0.15) is 0 Å². The molecule has 3 amide bonds. The molecule has 2 aliphatic heterocycles. The highest BCUT2D eigenvalue weighted by molar-refractivity contribution is 8.00. The van der Waals surface area contributed by atoms with Gasteiger partial charge in [0.1, 0.15) is 11.8 Å². The highest BCUT2D eigenvalue weighted by Gasteiger charge is 2.59. The summed E-state index contributed by atoms with van der Waals surface area (Å²) < 4.78 is 1.39. The van der Waals surface area contributed by atoms with E-state index >= 15 is 0 Å². The lowest BCUT2D eigenvalue weighted by molar-refractivity contribution is -0.123. The van der Waals surface area contributed by atoms with Gasteiger partial charge >= 0.3 is 4.87 Å². The van der Waals surface area contributed by atoms with Crippen LogP contribution in [0.15, 0.2) is 58.4 Å². The van der Waals surface area contributed by atoms with Crippen LogP contribution in [0.3, 0.4) is 0 Å².